The van der Waals surface area contributed by atoms with Crippen LogP contribution in [0.5, 0.6) is 0 Å². The van der Waals surface area contributed by atoms with E-state index in [2.05, 4.69) is 0 Å². The second-order valence-corrected chi connectivity index (χ2v) is 4.99. The lowest BCUT2D eigenvalue weighted by molar-refractivity contribution is -0.384. The molecule has 110 valence electrons. The van der Waals surface area contributed by atoms with Gasteiger partial charge in [-0.25, -0.2) is 0 Å². The minimum Gasteiger partial charge on any atom is -0.469 e. The maximum Gasteiger partial charge on any atom is 0.287 e. The summed E-state index contributed by atoms with van der Waals surface area (Å²) in [6, 6.07) is 5.72. The number of nitro benzene ring substituents is 1. The number of nitro groups is 1. The predicted molar refractivity (Wildman–Crippen MR) is 77.3 cm³/mol. The van der Waals surface area contributed by atoms with Crippen molar-refractivity contribution in [3.63, 3.8) is 0 Å². The van der Waals surface area contributed by atoms with Crippen LogP contribution in [0, 0.1) is 17.0 Å². The average Bonchev–Trinajstić information content (AvgIpc) is 2.82. The molecule has 0 N–H and O–H groups in total. The van der Waals surface area contributed by atoms with E-state index in [0.717, 1.165) is 11.3 Å². The monoisotopic (exact) mass is 308 g/mol. The molecule has 1 aromatic heterocycles. The van der Waals surface area contributed by atoms with Crippen LogP contribution in [0.2, 0.25) is 5.02 Å². The minimum absolute atomic E-state index is 0.0567. The average molecular weight is 309 g/mol. The molecule has 1 amide bonds. The lowest BCUT2D eigenvalue weighted by Crippen LogP contribution is -2.26. The van der Waals surface area contributed by atoms with Gasteiger partial charge >= 0.3 is 0 Å². The van der Waals surface area contributed by atoms with Crippen molar-refractivity contribution in [3.05, 3.63) is 62.6 Å². The van der Waals surface area contributed by atoms with E-state index in [1.54, 1.807) is 19.4 Å². The molecule has 1 aromatic carbocycles. The first-order valence-electron chi connectivity index (χ1n) is 6.12. The fourth-order valence-corrected chi connectivity index (χ4v) is 2.16. The van der Waals surface area contributed by atoms with Gasteiger partial charge in [0.25, 0.3) is 11.6 Å². The van der Waals surface area contributed by atoms with Gasteiger partial charge < -0.3 is 9.32 Å². The third-order valence-corrected chi connectivity index (χ3v) is 3.41. The van der Waals surface area contributed by atoms with Gasteiger partial charge in [-0.1, -0.05) is 11.6 Å². The number of rotatable bonds is 4. The van der Waals surface area contributed by atoms with E-state index in [-0.39, 0.29) is 16.6 Å². The number of amides is 1. The Kier molecular flexibility index (Phi) is 4.28. The summed E-state index contributed by atoms with van der Waals surface area (Å²) in [5.74, 6) is 0.476. The Labute approximate surface area is 126 Å². The number of nitrogens with zero attached hydrogens (tertiary/aromatic N) is 2. The molecule has 2 aromatic rings. The largest absolute Gasteiger partial charge is 0.469 e. The Balaban J connectivity index is 2.18. The van der Waals surface area contributed by atoms with Crippen LogP contribution in [0.25, 0.3) is 0 Å². The molecule has 6 nitrogen and oxygen atoms in total. The van der Waals surface area contributed by atoms with Crippen molar-refractivity contribution in [3.8, 4) is 0 Å². The summed E-state index contributed by atoms with van der Waals surface area (Å²) in [5, 5.41) is 10.6. The third-order valence-electron chi connectivity index (χ3n) is 3.11. The Morgan fingerprint density at radius 1 is 1.43 bits per heavy atom. The zero-order valence-corrected chi connectivity index (χ0v) is 12.3. The van der Waals surface area contributed by atoms with Crippen LogP contribution in [-0.4, -0.2) is 22.8 Å². The fraction of sp³-hybridized carbons (Fsp3) is 0.214. The normalized spacial score (nSPS) is 10.4. The van der Waals surface area contributed by atoms with Gasteiger partial charge in [0, 0.05) is 30.8 Å². The van der Waals surface area contributed by atoms with E-state index < -0.39 is 4.92 Å². The molecule has 0 saturated carbocycles. The van der Waals surface area contributed by atoms with E-state index in [9.17, 15) is 14.9 Å². The number of hydrogen-bond acceptors (Lipinski definition) is 4. The second-order valence-electron chi connectivity index (χ2n) is 4.59. The van der Waals surface area contributed by atoms with Crippen LogP contribution < -0.4 is 0 Å². The number of halogens is 1. The van der Waals surface area contributed by atoms with Crippen LogP contribution in [0.3, 0.4) is 0 Å². The van der Waals surface area contributed by atoms with Crippen molar-refractivity contribution in [1.82, 2.24) is 4.90 Å². The molecule has 2 rings (SSSR count). The lowest BCUT2D eigenvalue weighted by Gasteiger charge is -2.17. The first-order valence-corrected chi connectivity index (χ1v) is 6.50. The van der Waals surface area contributed by atoms with Gasteiger partial charge in [0.1, 0.15) is 10.8 Å². The second kappa shape index (κ2) is 5.97. The molecular weight excluding hydrogens is 296 g/mol. The minimum atomic E-state index is -0.588. The van der Waals surface area contributed by atoms with Crippen LogP contribution >= 0.6 is 11.6 Å². The van der Waals surface area contributed by atoms with Gasteiger partial charge in [-0.15, -0.1) is 0 Å². The molecule has 0 aliphatic carbocycles. The number of benzene rings is 1. The lowest BCUT2D eigenvalue weighted by atomic mass is 10.1. The maximum absolute atomic E-state index is 12.3. The Morgan fingerprint density at radius 3 is 2.67 bits per heavy atom. The fourth-order valence-electron chi connectivity index (χ4n) is 1.91. The molecular formula is C14H13ClN2O4. The highest BCUT2D eigenvalue weighted by molar-refractivity contribution is 6.33. The van der Waals surface area contributed by atoms with E-state index in [4.69, 9.17) is 16.0 Å². The number of carbonyl (C=O) groups excluding carboxylic acids is 1. The number of furan rings is 1. The molecule has 0 saturated heterocycles. The van der Waals surface area contributed by atoms with Crippen molar-refractivity contribution in [1.29, 1.82) is 0 Å². The van der Waals surface area contributed by atoms with Gasteiger partial charge in [0.2, 0.25) is 0 Å². The standard InChI is InChI=1S/C14H13ClN2O4/c1-9-11(5-6-21-9)8-16(2)14(18)10-3-4-13(17(19)20)12(15)7-10/h3-7H,8H2,1-2H3. The van der Waals surface area contributed by atoms with Gasteiger partial charge in [-0.2, -0.15) is 0 Å². The highest BCUT2D eigenvalue weighted by Crippen LogP contribution is 2.25. The smallest absolute Gasteiger partial charge is 0.287 e. The molecule has 0 atom stereocenters. The Bertz CT molecular complexity index is 696. The van der Waals surface area contributed by atoms with Crippen molar-refractivity contribution >= 4 is 23.2 Å². The number of carbonyl (C=O) groups is 1. The first-order chi connectivity index (χ1) is 9.90. The quantitative estimate of drug-likeness (QED) is 0.640. The third kappa shape index (κ3) is 3.22. The zero-order chi connectivity index (χ0) is 15.6. The van der Waals surface area contributed by atoms with Crippen LogP contribution in [0.1, 0.15) is 21.7 Å². The van der Waals surface area contributed by atoms with Gasteiger partial charge in [0.05, 0.1) is 11.2 Å². The highest BCUT2D eigenvalue weighted by Gasteiger charge is 2.18. The van der Waals surface area contributed by atoms with E-state index in [1.807, 2.05) is 6.92 Å². The number of aryl methyl sites for hydroxylation is 1. The summed E-state index contributed by atoms with van der Waals surface area (Å²) in [6.07, 6.45) is 1.56. The summed E-state index contributed by atoms with van der Waals surface area (Å²) in [6.45, 7) is 2.20. The van der Waals surface area contributed by atoms with Crippen molar-refractivity contribution in [2.24, 2.45) is 0 Å². The van der Waals surface area contributed by atoms with E-state index >= 15 is 0 Å². The molecule has 0 aliphatic heterocycles. The maximum atomic E-state index is 12.3. The molecule has 0 unspecified atom stereocenters. The summed E-state index contributed by atoms with van der Waals surface area (Å²) in [4.78, 5) is 23.9. The summed E-state index contributed by atoms with van der Waals surface area (Å²) < 4.78 is 5.18. The SMILES string of the molecule is Cc1occc1CN(C)C(=O)c1ccc([N+](=O)[O-])c(Cl)c1. The van der Waals surface area contributed by atoms with E-state index in [1.165, 1.54) is 23.1 Å². The highest BCUT2D eigenvalue weighted by atomic mass is 35.5. The van der Waals surface area contributed by atoms with Gasteiger partial charge in [-0.3, -0.25) is 14.9 Å². The van der Waals surface area contributed by atoms with Gasteiger partial charge in [0.15, 0.2) is 0 Å². The zero-order valence-electron chi connectivity index (χ0n) is 11.5. The first kappa shape index (κ1) is 15.1. The Hall–Kier alpha value is -2.34. The van der Waals surface area contributed by atoms with Crippen LogP contribution in [0.4, 0.5) is 5.69 Å². The molecule has 7 heteroatoms. The van der Waals surface area contributed by atoms with Crippen LogP contribution in [-0.2, 0) is 6.54 Å². The molecule has 0 aliphatic rings. The Morgan fingerprint density at radius 2 is 2.14 bits per heavy atom. The molecule has 21 heavy (non-hydrogen) atoms. The molecule has 0 radical (unpaired) electrons. The molecule has 1 heterocycles. The van der Waals surface area contributed by atoms with Crippen molar-refractivity contribution in [2.75, 3.05) is 7.05 Å². The van der Waals surface area contributed by atoms with E-state index in [0.29, 0.717) is 12.1 Å². The van der Waals surface area contributed by atoms with Crippen LogP contribution in [0.15, 0.2) is 34.9 Å². The van der Waals surface area contributed by atoms with Gasteiger partial charge in [-0.05, 0) is 25.1 Å². The topological polar surface area (TPSA) is 76.6 Å². The van der Waals surface area contributed by atoms with Crippen molar-refractivity contribution < 1.29 is 14.1 Å². The van der Waals surface area contributed by atoms with Crippen molar-refractivity contribution in [2.45, 2.75) is 13.5 Å². The number of hydrogen-bond donors (Lipinski definition) is 0. The predicted octanol–water partition coefficient (Wildman–Crippen LogP) is 3.42. The summed E-state index contributed by atoms with van der Waals surface area (Å²) in [5.41, 5.74) is 0.981. The summed E-state index contributed by atoms with van der Waals surface area (Å²) >= 11 is 5.81. The summed E-state index contributed by atoms with van der Waals surface area (Å²) in [7, 11) is 1.64. The molecule has 0 spiro atoms. The molecule has 0 fully saturated rings. The molecule has 0 bridgehead atoms.